The van der Waals surface area contributed by atoms with Crippen LogP contribution < -0.4 is 5.32 Å². The number of hydrogen-bond donors (Lipinski definition) is 1. The summed E-state index contributed by atoms with van der Waals surface area (Å²) in [5.41, 5.74) is 2.68. The molecule has 1 N–H and O–H groups in total. The summed E-state index contributed by atoms with van der Waals surface area (Å²) in [5, 5.41) is 12.2. The van der Waals surface area contributed by atoms with E-state index in [0.717, 1.165) is 5.56 Å². The van der Waals surface area contributed by atoms with Crippen molar-refractivity contribution in [1.29, 1.82) is 5.26 Å². The Morgan fingerprint density at radius 2 is 2.11 bits per heavy atom. The second kappa shape index (κ2) is 5.67. The Kier molecular flexibility index (Phi) is 4.19. The molecule has 1 heterocycles. The molecule has 0 aromatic heterocycles. The zero-order valence-electron chi connectivity index (χ0n) is 11.1. The Morgan fingerprint density at radius 3 is 2.72 bits per heavy atom. The molecule has 96 valence electrons. The fourth-order valence-electron chi connectivity index (χ4n) is 2.40. The molecule has 2 rings (SSSR count). The smallest absolute Gasteiger partial charge is 0.0669 e. The first-order valence-corrected chi connectivity index (χ1v) is 7.55. The van der Waals surface area contributed by atoms with Crippen molar-refractivity contribution in [3.63, 3.8) is 0 Å². The fraction of sp³-hybridized carbons (Fsp3) is 0.533. The molecule has 1 atom stereocenters. The first kappa shape index (κ1) is 13.3. The summed E-state index contributed by atoms with van der Waals surface area (Å²) in [6.45, 7) is 4.67. The van der Waals surface area contributed by atoms with Crippen molar-refractivity contribution in [2.75, 3.05) is 16.8 Å². The number of nitrogens with zero attached hydrogens (tertiary/aromatic N) is 1. The summed E-state index contributed by atoms with van der Waals surface area (Å²) in [6, 6.07) is 11.0. The fourth-order valence-corrected chi connectivity index (χ4v) is 3.67. The molecule has 2 nitrogen and oxygen atoms in total. The molecule has 0 bridgehead atoms. The van der Waals surface area contributed by atoms with Crippen molar-refractivity contribution in [2.24, 2.45) is 5.41 Å². The van der Waals surface area contributed by atoms with Crippen LogP contribution in [0.4, 0.5) is 5.69 Å². The van der Waals surface area contributed by atoms with Gasteiger partial charge in [0.1, 0.15) is 0 Å². The van der Waals surface area contributed by atoms with Gasteiger partial charge in [-0.15, -0.1) is 0 Å². The Morgan fingerprint density at radius 1 is 1.39 bits per heavy atom. The molecule has 1 aromatic rings. The van der Waals surface area contributed by atoms with Gasteiger partial charge < -0.3 is 5.32 Å². The molecule has 0 radical (unpaired) electrons. The van der Waals surface area contributed by atoms with Gasteiger partial charge in [0.2, 0.25) is 0 Å². The van der Waals surface area contributed by atoms with Gasteiger partial charge in [0.15, 0.2) is 0 Å². The van der Waals surface area contributed by atoms with E-state index in [4.69, 9.17) is 5.26 Å². The molecule has 1 aliphatic heterocycles. The van der Waals surface area contributed by atoms with Gasteiger partial charge in [0.25, 0.3) is 0 Å². The lowest BCUT2D eigenvalue weighted by Crippen LogP contribution is -2.35. The van der Waals surface area contributed by atoms with Crippen molar-refractivity contribution >= 4 is 17.4 Å². The van der Waals surface area contributed by atoms with E-state index >= 15 is 0 Å². The molecule has 0 amide bonds. The number of benzene rings is 1. The maximum Gasteiger partial charge on any atom is 0.0669 e. The minimum atomic E-state index is 0.432. The summed E-state index contributed by atoms with van der Waals surface area (Å²) in [4.78, 5) is 0. The molecular formula is C15H20N2S. The monoisotopic (exact) mass is 260 g/mol. The minimum Gasteiger partial charge on any atom is -0.381 e. The quantitative estimate of drug-likeness (QED) is 0.900. The van der Waals surface area contributed by atoms with Crippen LogP contribution in [0, 0.1) is 16.7 Å². The zero-order chi connectivity index (χ0) is 13.0. The average Bonchev–Trinajstić information content (AvgIpc) is 2.31. The highest BCUT2D eigenvalue weighted by Gasteiger charge is 2.28. The lowest BCUT2D eigenvalue weighted by Gasteiger charge is -2.35. The third-order valence-corrected chi connectivity index (χ3v) is 4.84. The maximum absolute atomic E-state index is 8.64. The van der Waals surface area contributed by atoms with Crippen molar-refractivity contribution in [2.45, 2.75) is 32.7 Å². The second-order valence-corrected chi connectivity index (χ2v) is 6.79. The van der Waals surface area contributed by atoms with Crippen LogP contribution in [-0.4, -0.2) is 17.5 Å². The predicted molar refractivity (Wildman–Crippen MR) is 78.9 cm³/mol. The number of rotatable bonds is 3. The zero-order valence-corrected chi connectivity index (χ0v) is 11.9. The van der Waals surface area contributed by atoms with Crippen LogP contribution >= 0.6 is 11.8 Å². The molecule has 1 aliphatic rings. The van der Waals surface area contributed by atoms with Gasteiger partial charge >= 0.3 is 0 Å². The standard InChI is InChI=1S/C15H20N2S/c1-15(2)9-14(10-18-11-15)17-13-5-3-12(4-6-13)7-8-16/h3-6,14,17H,7,9-11H2,1-2H3. The van der Waals surface area contributed by atoms with Crippen LogP contribution in [0.3, 0.4) is 0 Å². The van der Waals surface area contributed by atoms with E-state index < -0.39 is 0 Å². The highest BCUT2D eigenvalue weighted by molar-refractivity contribution is 7.99. The lowest BCUT2D eigenvalue weighted by atomic mass is 9.88. The van der Waals surface area contributed by atoms with E-state index in [9.17, 15) is 0 Å². The van der Waals surface area contributed by atoms with Gasteiger partial charge in [0.05, 0.1) is 12.5 Å². The number of thioether (sulfide) groups is 1. The predicted octanol–water partition coefficient (Wildman–Crippen LogP) is 3.70. The molecule has 1 aromatic carbocycles. The van der Waals surface area contributed by atoms with E-state index in [0.29, 0.717) is 17.9 Å². The van der Waals surface area contributed by atoms with E-state index in [1.54, 1.807) is 0 Å². The molecule has 0 saturated carbocycles. The van der Waals surface area contributed by atoms with E-state index in [1.165, 1.54) is 23.6 Å². The lowest BCUT2D eigenvalue weighted by molar-refractivity contribution is 0.358. The van der Waals surface area contributed by atoms with Crippen molar-refractivity contribution in [3.05, 3.63) is 29.8 Å². The molecule has 0 spiro atoms. The number of nitrogens with one attached hydrogen (secondary N) is 1. The van der Waals surface area contributed by atoms with E-state index in [2.05, 4.69) is 37.4 Å². The van der Waals surface area contributed by atoms with Gasteiger partial charge in [0, 0.05) is 17.5 Å². The molecule has 1 unspecified atom stereocenters. The van der Waals surface area contributed by atoms with Crippen LogP contribution in [0.1, 0.15) is 25.8 Å². The third kappa shape index (κ3) is 3.68. The first-order valence-electron chi connectivity index (χ1n) is 6.39. The first-order chi connectivity index (χ1) is 8.59. The largest absolute Gasteiger partial charge is 0.381 e. The molecule has 0 aliphatic carbocycles. The third-order valence-electron chi connectivity index (χ3n) is 3.22. The molecule has 1 fully saturated rings. The van der Waals surface area contributed by atoms with Gasteiger partial charge in [-0.2, -0.15) is 17.0 Å². The normalized spacial score (nSPS) is 22.2. The molecule has 3 heteroatoms. The van der Waals surface area contributed by atoms with Gasteiger partial charge in [-0.1, -0.05) is 26.0 Å². The van der Waals surface area contributed by atoms with Crippen LogP contribution in [-0.2, 0) is 6.42 Å². The number of hydrogen-bond acceptors (Lipinski definition) is 3. The second-order valence-electron chi connectivity index (χ2n) is 5.76. The van der Waals surface area contributed by atoms with Gasteiger partial charge in [-0.3, -0.25) is 0 Å². The van der Waals surface area contributed by atoms with Crippen molar-refractivity contribution < 1.29 is 0 Å². The van der Waals surface area contributed by atoms with Crippen molar-refractivity contribution in [3.8, 4) is 6.07 Å². The van der Waals surface area contributed by atoms with Crippen LogP contribution in [0.2, 0.25) is 0 Å². The molecule has 18 heavy (non-hydrogen) atoms. The topological polar surface area (TPSA) is 35.8 Å². The summed E-state index contributed by atoms with van der Waals surface area (Å²) in [5.74, 6) is 2.44. The van der Waals surface area contributed by atoms with E-state index in [-0.39, 0.29) is 0 Å². The Bertz CT molecular complexity index is 431. The van der Waals surface area contributed by atoms with Gasteiger partial charge in [-0.25, -0.2) is 0 Å². The van der Waals surface area contributed by atoms with Crippen molar-refractivity contribution in [1.82, 2.24) is 0 Å². The summed E-state index contributed by atoms with van der Waals surface area (Å²) >= 11 is 2.03. The Balaban J connectivity index is 1.95. The SMILES string of the molecule is CC1(C)CSCC(Nc2ccc(CC#N)cc2)C1. The molecule has 1 saturated heterocycles. The van der Waals surface area contributed by atoms with Crippen LogP contribution in [0.5, 0.6) is 0 Å². The highest BCUT2D eigenvalue weighted by atomic mass is 32.2. The summed E-state index contributed by atoms with van der Waals surface area (Å²) < 4.78 is 0. The summed E-state index contributed by atoms with van der Waals surface area (Å²) in [6.07, 6.45) is 1.71. The Hall–Kier alpha value is -1.14. The van der Waals surface area contributed by atoms with Gasteiger partial charge in [-0.05, 0) is 35.3 Å². The number of anilines is 1. The number of nitriles is 1. The van der Waals surface area contributed by atoms with E-state index in [1.807, 2.05) is 23.9 Å². The maximum atomic E-state index is 8.64. The van der Waals surface area contributed by atoms with Crippen LogP contribution in [0.25, 0.3) is 0 Å². The highest BCUT2D eigenvalue weighted by Crippen LogP contribution is 2.34. The average molecular weight is 260 g/mol. The minimum absolute atomic E-state index is 0.432. The summed E-state index contributed by atoms with van der Waals surface area (Å²) in [7, 11) is 0. The van der Waals surface area contributed by atoms with Crippen LogP contribution in [0.15, 0.2) is 24.3 Å². The Labute approximate surface area is 114 Å². The molecular weight excluding hydrogens is 240 g/mol.